The van der Waals surface area contributed by atoms with Crippen LogP contribution in [-0.2, 0) is 9.59 Å². The van der Waals surface area contributed by atoms with Crippen molar-refractivity contribution in [2.75, 3.05) is 11.9 Å². The van der Waals surface area contributed by atoms with E-state index in [-0.39, 0.29) is 17.7 Å². The van der Waals surface area contributed by atoms with E-state index < -0.39 is 0 Å². The Balaban J connectivity index is 1.60. The van der Waals surface area contributed by atoms with Crippen LogP contribution in [0.4, 0.5) is 5.69 Å². The summed E-state index contributed by atoms with van der Waals surface area (Å²) < 4.78 is 1.25. The van der Waals surface area contributed by atoms with E-state index in [1.165, 1.54) is 11.5 Å². The molecule has 5 nitrogen and oxygen atoms in total. The summed E-state index contributed by atoms with van der Waals surface area (Å²) in [5.74, 6) is -0.0382. The molecular formula is C20H23N3O2S. The van der Waals surface area contributed by atoms with Crippen LogP contribution in [0.5, 0.6) is 0 Å². The standard InChI is InChI=1S/C20H23N3O2S/c1-13(12-21-14(2)24)11-19(25)22-16-9-7-15(8-10-16)20-23-17-5-3-4-6-18(17)26-20/h5-10,13H,3-4,11-12H2,1-2H3,(H,21,24)(H,22,25). The van der Waals surface area contributed by atoms with E-state index in [0.717, 1.165) is 34.4 Å². The van der Waals surface area contributed by atoms with E-state index in [2.05, 4.69) is 22.8 Å². The SMILES string of the molecule is CC(=O)NCC(C)CC(=O)Nc1ccc(-c2nc3c(s2)=CCCC=3)cc1. The number of benzene rings is 1. The molecule has 0 spiro atoms. The molecule has 1 aromatic heterocycles. The van der Waals surface area contributed by atoms with Crippen molar-refractivity contribution in [2.24, 2.45) is 5.92 Å². The minimum absolute atomic E-state index is 0.0514. The van der Waals surface area contributed by atoms with Gasteiger partial charge in [0.1, 0.15) is 5.01 Å². The second kappa shape index (κ2) is 8.27. The van der Waals surface area contributed by atoms with E-state index >= 15 is 0 Å². The fraction of sp³-hybridized carbons (Fsp3) is 0.350. The Morgan fingerprint density at radius 1 is 1.19 bits per heavy atom. The van der Waals surface area contributed by atoms with Crippen LogP contribution in [-0.4, -0.2) is 23.3 Å². The summed E-state index contributed by atoms with van der Waals surface area (Å²) in [5, 5.41) is 7.73. The highest BCUT2D eigenvalue weighted by Gasteiger charge is 2.11. The van der Waals surface area contributed by atoms with Crippen LogP contribution < -0.4 is 20.5 Å². The van der Waals surface area contributed by atoms with E-state index in [1.54, 1.807) is 11.3 Å². The molecule has 2 N–H and O–H groups in total. The van der Waals surface area contributed by atoms with Crippen molar-refractivity contribution in [3.63, 3.8) is 0 Å². The largest absolute Gasteiger partial charge is 0.356 e. The first kappa shape index (κ1) is 18.3. The van der Waals surface area contributed by atoms with Crippen molar-refractivity contribution in [3.8, 4) is 10.6 Å². The van der Waals surface area contributed by atoms with Crippen LogP contribution in [0, 0.1) is 5.92 Å². The van der Waals surface area contributed by atoms with Crippen molar-refractivity contribution in [2.45, 2.75) is 33.1 Å². The lowest BCUT2D eigenvalue weighted by Gasteiger charge is -2.12. The minimum Gasteiger partial charge on any atom is -0.356 e. The van der Waals surface area contributed by atoms with Crippen molar-refractivity contribution < 1.29 is 9.59 Å². The number of thiazole rings is 1. The molecule has 26 heavy (non-hydrogen) atoms. The molecule has 0 aliphatic heterocycles. The number of hydrogen-bond donors (Lipinski definition) is 2. The number of carbonyl (C=O) groups excluding carboxylic acids is 2. The number of nitrogens with zero attached hydrogens (tertiary/aromatic N) is 1. The molecule has 0 saturated carbocycles. The van der Waals surface area contributed by atoms with Gasteiger partial charge >= 0.3 is 0 Å². The Hall–Kier alpha value is -2.47. The van der Waals surface area contributed by atoms with Gasteiger partial charge in [-0.05, 0) is 43.0 Å². The molecule has 1 aromatic carbocycles. The third-order valence-electron chi connectivity index (χ3n) is 4.16. The van der Waals surface area contributed by atoms with Gasteiger partial charge < -0.3 is 10.6 Å². The van der Waals surface area contributed by atoms with Gasteiger partial charge in [0, 0.05) is 31.1 Å². The average molecular weight is 369 g/mol. The predicted octanol–water partition coefficient (Wildman–Crippen LogP) is 2.27. The van der Waals surface area contributed by atoms with Gasteiger partial charge in [-0.15, -0.1) is 11.3 Å². The highest BCUT2D eigenvalue weighted by molar-refractivity contribution is 7.13. The van der Waals surface area contributed by atoms with E-state index in [9.17, 15) is 9.59 Å². The molecule has 1 atom stereocenters. The lowest BCUT2D eigenvalue weighted by Crippen LogP contribution is -2.28. The van der Waals surface area contributed by atoms with E-state index in [4.69, 9.17) is 4.98 Å². The highest BCUT2D eigenvalue weighted by Crippen LogP contribution is 2.21. The maximum atomic E-state index is 12.1. The molecule has 0 saturated heterocycles. The van der Waals surface area contributed by atoms with Crippen LogP contribution in [0.2, 0.25) is 0 Å². The van der Waals surface area contributed by atoms with Gasteiger partial charge in [-0.2, -0.15) is 0 Å². The normalized spacial score (nSPS) is 13.8. The first-order valence-electron chi connectivity index (χ1n) is 8.83. The summed E-state index contributed by atoms with van der Waals surface area (Å²) in [5.41, 5.74) is 1.83. The third kappa shape index (κ3) is 4.79. The van der Waals surface area contributed by atoms with Crippen LogP contribution in [0.1, 0.15) is 33.1 Å². The molecular weight excluding hydrogens is 346 g/mol. The fourth-order valence-corrected chi connectivity index (χ4v) is 3.85. The highest BCUT2D eigenvalue weighted by atomic mass is 32.1. The summed E-state index contributed by atoms with van der Waals surface area (Å²) in [7, 11) is 0. The van der Waals surface area contributed by atoms with Crippen LogP contribution in [0.3, 0.4) is 0 Å². The van der Waals surface area contributed by atoms with Gasteiger partial charge in [0.15, 0.2) is 0 Å². The van der Waals surface area contributed by atoms with Crippen molar-refractivity contribution in [1.29, 1.82) is 0 Å². The van der Waals surface area contributed by atoms with Crippen LogP contribution >= 0.6 is 11.3 Å². The third-order valence-corrected chi connectivity index (χ3v) is 5.28. The number of hydrogen-bond acceptors (Lipinski definition) is 4. The van der Waals surface area contributed by atoms with Gasteiger partial charge in [-0.1, -0.05) is 19.1 Å². The molecule has 0 radical (unpaired) electrons. The lowest BCUT2D eigenvalue weighted by molar-refractivity contribution is -0.120. The number of fused-ring (bicyclic) bond motifs is 1. The zero-order valence-corrected chi connectivity index (χ0v) is 15.9. The van der Waals surface area contributed by atoms with Crippen molar-refractivity contribution >= 4 is 41.0 Å². The molecule has 1 aliphatic carbocycles. The quantitative estimate of drug-likeness (QED) is 0.821. The number of carbonyl (C=O) groups is 2. The average Bonchev–Trinajstić information content (AvgIpc) is 3.04. The van der Waals surface area contributed by atoms with Gasteiger partial charge in [0.25, 0.3) is 0 Å². The number of aromatic nitrogens is 1. The molecule has 2 amide bonds. The number of rotatable bonds is 6. The summed E-state index contributed by atoms with van der Waals surface area (Å²) >= 11 is 1.70. The zero-order valence-electron chi connectivity index (χ0n) is 15.0. The molecule has 136 valence electrons. The Bertz CT molecular complexity index is 882. The first-order chi connectivity index (χ1) is 12.5. The van der Waals surface area contributed by atoms with E-state index in [1.807, 2.05) is 31.2 Å². The van der Waals surface area contributed by atoms with Gasteiger partial charge in [0.05, 0.1) is 9.88 Å². The van der Waals surface area contributed by atoms with Gasteiger partial charge in [-0.3, -0.25) is 9.59 Å². The summed E-state index contributed by atoms with van der Waals surface area (Å²) in [6.07, 6.45) is 6.94. The topological polar surface area (TPSA) is 71.1 Å². The van der Waals surface area contributed by atoms with Crippen molar-refractivity contribution in [1.82, 2.24) is 10.3 Å². The van der Waals surface area contributed by atoms with Crippen LogP contribution in [0.25, 0.3) is 22.7 Å². The lowest BCUT2D eigenvalue weighted by atomic mass is 10.1. The molecule has 3 rings (SSSR count). The molecule has 1 aliphatic rings. The molecule has 2 aromatic rings. The van der Waals surface area contributed by atoms with E-state index in [0.29, 0.717) is 13.0 Å². The second-order valence-corrected chi connectivity index (χ2v) is 7.66. The van der Waals surface area contributed by atoms with Gasteiger partial charge in [0.2, 0.25) is 11.8 Å². The summed E-state index contributed by atoms with van der Waals surface area (Å²) in [6, 6.07) is 7.78. The Morgan fingerprint density at radius 3 is 2.62 bits per heavy atom. The number of nitrogens with one attached hydrogen (secondary N) is 2. The monoisotopic (exact) mass is 369 g/mol. The predicted molar refractivity (Wildman–Crippen MR) is 106 cm³/mol. The molecule has 0 fully saturated rings. The molecule has 6 heteroatoms. The second-order valence-electron chi connectivity index (χ2n) is 6.63. The van der Waals surface area contributed by atoms with Gasteiger partial charge in [-0.25, -0.2) is 4.98 Å². The smallest absolute Gasteiger partial charge is 0.224 e. The number of anilines is 1. The Morgan fingerprint density at radius 2 is 1.92 bits per heavy atom. The molecule has 0 bridgehead atoms. The molecule has 1 heterocycles. The Kier molecular flexibility index (Phi) is 5.83. The fourth-order valence-electron chi connectivity index (χ4n) is 2.81. The van der Waals surface area contributed by atoms with Crippen molar-refractivity contribution in [3.05, 3.63) is 34.1 Å². The first-order valence-corrected chi connectivity index (χ1v) is 9.65. The van der Waals surface area contributed by atoms with Crippen LogP contribution in [0.15, 0.2) is 24.3 Å². The minimum atomic E-state index is -0.0769. The Labute approximate surface area is 156 Å². The summed E-state index contributed by atoms with van der Waals surface area (Å²) in [4.78, 5) is 27.7. The maximum Gasteiger partial charge on any atom is 0.224 e. The summed E-state index contributed by atoms with van der Waals surface area (Å²) in [6.45, 7) is 3.92. The number of amides is 2. The molecule has 1 unspecified atom stereocenters. The zero-order chi connectivity index (χ0) is 18.5. The maximum absolute atomic E-state index is 12.1.